The molecule has 0 N–H and O–H groups in total. The van der Waals surface area contributed by atoms with Crippen molar-refractivity contribution in [2.75, 3.05) is 7.11 Å². The second-order valence-electron chi connectivity index (χ2n) is 1.71. The van der Waals surface area contributed by atoms with E-state index in [1.54, 1.807) is 7.11 Å². The summed E-state index contributed by atoms with van der Waals surface area (Å²) in [7, 11) is 1.66. The molecule has 9 heavy (non-hydrogen) atoms. The third kappa shape index (κ3) is 1.68. The third-order valence-corrected chi connectivity index (χ3v) is 1.09. The van der Waals surface area contributed by atoms with E-state index in [1.807, 2.05) is 36.4 Å². The monoisotopic (exact) mass is 121 g/mol. The van der Waals surface area contributed by atoms with Crippen molar-refractivity contribution in [2.24, 2.45) is 0 Å². The van der Waals surface area contributed by atoms with E-state index >= 15 is 0 Å². The van der Waals surface area contributed by atoms with Gasteiger partial charge < -0.3 is 0 Å². The van der Waals surface area contributed by atoms with E-state index < -0.39 is 0 Å². The maximum atomic E-state index is 4.97. The molecule has 0 aliphatic carbocycles. The Morgan fingerprint density at radius 1 is 1.00 bits per heavy atom. The van der Waals surface area contributed by atoms with Crippen LogP contribution in [0.1, 0.15) is 0 Å². The first kappa shape index (κ1) is 6.02. The summed E-state index contributed by atoms with van der Waals surface area (Å²) in [5.41, 5.74) is 0.889. The summed E-state index contributed by atoms with van der Waals surface area (Å²) < 4.78 is 4.97. The Morgan fingerprint density at radius 3 is 2.00 bits per heavy atom. The van der Waals surface area contributed by atoms with Gasteiger partial charge in [-0.05, 0) is 0 Å². The molecule has 0 atom stereocenters. The van der Waals surface area contributed by atoms with Crippen LogP contribution < -0.4 is 5.43 Å². The van der Waals surface area contributed by atoms with Crippen LogP contribution in [0.15, 0.2) is 40.8 Å². The standard InChI is InChI=1S/C8H9O/c1-9-8-6-4-2-3-5-7-8/h2-7H,1H3/q+1. The van der Waals surface area contributed by atoms with Gasteiger partial charge in [-0.2, -0.15) is 0 Å². The molecule has 1 aromatic rings. The molecule has 0 aliphatic heterocycles. The molecule has 1 nitrogen and oxygen atoms in total. The van der Waals surface area contributed by atoms with Crippen LogP contribution >= 0.6 is 0 Å². The topological polar surface area (TPSA) is 11.3 Å². The summed E-state index contributed by atoms with van der Waals surface area (Å²) in [5.74, 6) is 0. The fourth-order valence-corrected chi connectivity index (χ4v) is 0.621. The Labute approximate surface area is 54.3 Å². The van der Waals surface area contributed by atoms with Gasteiger partial charge in [0.2, 0.25) is 0 Å². The average Bonchev–Trinajstić information content (AvgIpc) is 2.13. The second kappa shape index (κ2) is 3.02. The third-order valence-electron chi connectivity index (χ3n) is 1.09. The molecule has 1 heteroatoms. The summed E-state index contributed by atoms with van der Waals surface area (Å²) in [6, 6.07) is 11.6. The summed E-state index contributed by atoms with van der Waals surface area (Å²) in [6.45, 7) is 0. The highest BCUT2D eigenvalue weighted by Gasteiger charge is 1.80. The second-order valence-corrected chi connectivity index (χ2v) is 1.71. The van der Waals surface area contributed by atoms with E-state index in [4.69, 9.17) is 4.42 Å². The Hall–Kier alpha value is -1.11. The lowest BCUT2D eigenvalue weighted by molar-refractivity contribution is 1.54. The van der Waals surface area contributed by atoms with Crippen molar-refractivity contribution in [1.82, 2.24) is 0 Å². The molecule has 0 heterocycles. The summed E-state index contributed by atoms with van der Waals surface area (Å²) in [6.07, 6.45) is 0. The van der Waals surface area contributed by atoms with E-state index in [2.05, 4.69) is 0 Å². The SMILES string of the molecule is C[O+]=c1cccccc1. The maximum absolute atomic E-state index is 4.97. The summed E-state index contributed by atoms with van der Waals surface area (Å²) >= 11 is 0. The maximum Gasteiger partial charge on any atom is 0.343 e. The number of hydrogen-bond acceptors (Lipinski definition) is 0. The normalized spacial score (nSPS) is 8.56. The van der Waals surface area contributed by atoms with Gasteiger partial charge >= 0.3 is 5.43 Å². The molecule has 0 unspecified atom stereocenters. The molecule has 46 valence electrons. The minimum atomic E-state index is 0.889. The molecule has 0 fully saturated rings. The van der Waals surface area contributed by atoms with E-state index in [0.717, 1.165) is 5.43 Å². The molecular weight excluding hydrogens is 112 g/mol. The molecule has 0 saturated heterocycles. The van der Waals surface area contributed by atoms with Crippen LogP contribution in [0.25, 0.3) is 0 Å². The van der Waals surface area contributed by atoms with Crippen molar-refractivity contribution in [3.63, 3.8) is 0 Å². The van der Waals surface area contributed by atoms with Crippen LogP contribution in [0.4, 0.5) is 0 Å². The molecule has 0 aromatic heterocycles. The van der Waals surface area contributed by atoms with Gasteiger partial charge in [-0.1, -0.05) is 24.3 Å². The number of hydrogen-bond donors (Lipinski definition) is 0. The Balaban J connectivity index is 3.28. The molecule has 1 aromatic carbocycles. The van der Waals surface area contributed by atoms with Gasteiger partial charge in [-0.25, -0.2) is 0 Å². The summed E-state index contributed by atoms with van der Waals surface area (Å²) in [5, 5.41) is 0. The Morgan fingerprint density at radius 2 is 1.56 bits per heavy atom. The van der Waals surface area contributed by atoms with Crippen LogP contribution in [0.3, 0.4) is 0 Å². The van der Waals surface area contributed by atoms with E-state index in [0.29, 0.717) is 0 Å². The van der Waals surface area contributed by atoms with Gasteiger partial charge in [0.1, 0.15) is 0 Å². The predicted molar refractivity (Wildman–Crippen MR) is 38.6 cm³/mol. The molecule has 0 spiro atoms. The fraction of sp³-hybridized carbons (Fsp3) is 0.125. The number of rotatable bonds is 0. The lowest BCUT2D eigenvalue weighted by Gasteiger charge is -1.57. The van der Waals surface area contributed by atoms with Gasteiger partial charge in [0.05, 0.1) is 0 Å². The molecular formula is C8H9O+. The van der Waals surface area contributed by atoms with Crippen LogP contribution in [0.5, 0.6) is 0 Å². The fourth-order valence-electron chi connectivity index (χ4n) is 0.621. The van der Waals surface area contributed by atoms with E-state index in [1.165, 1.54) is 0 Å². The van der Waals surface area contributed by atoms with Crippen molar-refractivity contribution < 1.29 is 0 Å². The molecule has 0 bridgehead atoms. The van der Waals surface area contributed by atoms with E-state index in [9.17, 15) is 0 Å². The van der Waals surface area contributed by atoms with Crippen molar-refractivity contribution in [2.45, 2.75) is 0 Å². The van der Waals surface area contributed by atoms with Crippen molar-refractivity contribution in [3.8, 4) is 0 Å². The van der Waals surface area contributed by atoms with Crippen molar-refractivity contribution >= 4 is 0 Å². The molecule has 1 rings (SSSR count). The lowest BCUT2D eigenvalue weighted by atomic mass is 10.5. The largest absolute Gasteiger partial charge is 0.343 e. The highest BCUT2D eigenvalue weighted by Crippen LogP contribution is 1.74. The van der Waals surface area contributed by atoms with Gasteiger partial charge in [0, 0.05) is 12.1 Å². The molecule has 0 radical (unpaired) electrons. The highest BCUT2D eigenvalue weighted by molar-refractivity contribution is 5.01. The minimum Gasteiger partial charge on any atom is -0.258 e. The summed E-state index contributed by atoms with van der Waals surface area (Å²) in [4.78, 5) is 0. The van der Waals surface area contributed by atoms with E-state index in [-0.39, 0.29) is 0 Å². The highest BCUT2D eigenvalue weighted by atomic mass is 16.4. The first-order valence-corrected chi connectivity index (χ1v) is 2.86. The van der Waals surface area contributed by atoms with Gasteiger partial charge in [0.15, 0.2) is 0 Å². The zero-order chi connectivity index (χ0) is 6.53. The van der Waals surface area contributed by atoms with Crippen LogP contribution in [0.2, 0.25) is 0 Å². The molecule has 0 saturated carbocycles. The minimum absolute atomic E-state index is 0.889. The first-order valence-electron chi connectivity index (χ1n) is 2.86. The van der Waals surface area contributed by atoms with Gasteiger partial charge in [0.25, 0.3) is 7.11 Å². The average molecular weight is 121 g/mol. The molecule has 0 aliphatic rings. The quantitative estimate of drug-likeness (QED) is 0.457. The predicted octanol–water partition coefficient (Wildman–Crippen LogP) is 1.21. The van der Waals surface area contributed by atoms with Crippen LogP contribution in [-0.2, 0) is 0 Å². The first-order chi connectivity index (χ1) is 4.43. The molecule has 0 amide bonds. The van der Waals surface area contributed by atoms with Crippen molar-refractivity contribution in [1.29, 1.82) is 0 Å². The van der Waals surface area contributed by atoms with Gasteiger partial charge in [-0.15, -0.1) is 0 Å². The van der Waals surface area contributed by atoms with Crippen molar-refractivity contribution in [3.05, 3.63) is 46.3 Å². The smallest absolute Gasteiger partial charge is 0.258 e. The zero-order valence-electron chi connectivity index (χ0n) is 5.37. The lowest BCUT2D eigenvalue weighted by Crippen LogP contribution is -1.92. The van der Waals surface area contributed by atoms with Gasteiger partial charge in [-0.3, -0.25) is 4.42 Å². The van der Waals surface area contributed by atoms with Crippen LogP contribution in [0, 0.1) is 0 Å². The zero-order valence-corrected chi connectivity index (χ0v) is 5.37. The Bertz CT molecular complexity index is 218. The van der Waals surface area contributed by atoms with Crippen LogP contribution in [-0.4, -0.2) is 7.11 Å². The Kier molecular flexibility index (Phi) is 2.02.